The Morgan fingerprint density at radius 2 is 2.18 bits per heavy atom. The number of hydrogen-bond donors (Lipinski definition) is 2. The quantitative estimate of drug-likeness (QED) is 0.259. The Bertz CT molecular complexity index is 391. The summed E-state index contributed by atoms with van der Waals surface area (Å²) in [5.41, 5.74) is 7.10. The number of oxime groups is 1. The summed E-state index contributed by atoms with van der Waals surface area (Å²) < 4.78 is 10.7. The predicted molar refractivity (Wildman–Crippen MR) is 65.7 cm³/mol. The Hall–Kier alpha value is -1.75. The van der Waals surface area contributed by atoms with Gasteiger partial charge in [0.25, 0.3) is 0 Å². The topological polar surface area (TPSA) is 77.1 Å². The van der Waals surface area contributed by atoms with Crippen LogP contribution >= 0.6 is 0 Å². The molecular formula is C12H18N2O3. The first-order valence-electron chi connectivity index (χ1n) is 5.48. The van der Waals surface area contributed by atoms with E-state index in [2.05, 4.69) is 5.16 Å². The molecule has 0 unspecified atom stereocenters. The molecule has 0 fully saturated rings. The van der Waals surface area contributed by atoms with Crippen molar-refractivity contribution < 1.29 is 14.7 Å². The van der Waals surface area contributed by atoms with Crippen molar-refractivity contribution in [3.05, 3.63) is 29.3 Å². The number of benzene rings is 1. The van der Waals surface area contributed by atoms with Crippen LogP contribution in [0.15, 0.2) is 23.4 Å². The molecule has 0 saturated heterocycles. The van der Waals surface area contributed by atoms with E-state index in [1.165, 1.54) is 0 Å². The summed E-state index contributed by atoms with van der Waals surface area (Å²) in [6, 6.07) is 5.36. The zero-order valence-corrected chi connectivity index (χ0v) is 10.1. The van der Waals surface area contributed by atoms with Gasteiger partial charge in [-0.25, -0.2) is 0 Å². The number of hydrogen-bond acceptors (Lipinski definition) is 4. The third kappa shape index (κ3) is 3.96. The van der Waals surface area contributed by atoms with Crippen LogP contribution in [0.3, 0.4) is 0 Å². The summed E-state index contributed by atoms with van der Waals surface area (Å²) in [6.07, 6.45) is 0. The van der Waals surface area contributed by atoms with Gasteiger partial charge in [0.05, 0.1) is 6.61 Å². The lowest BCUT2D eigenvalue weighted by atomic mass is 10.1. The fraction of sp³-hybridized carbons (Fsp3) is 0.417. The first-order chi connectivity index (χ1) is 8.19. The van der Waals surface area contributed by atoms with Gasteiger partial charge in [0.1, 0.15) is 12.4 Å². The van der Waals surface area contributed by atoms with E-state index in [4.69, 9.17) is 20.4 Å². The van der Waals surface area contributed by atoms with Crippen LogP contribution in [0.25, 0.3) is 0 Å². The van der Waals surface area contributed by atoms with E-state index in [0.717, 1.165) is 11.3 Å². The minimum absolute atomic E-state index is 0.0916. The van der Waals surface area contributed by atoms with E-state index < -0.39 is 0 Å². The standard InChI is InChI=1S/C12H18N2O3/c1-3-16-6-7-17-11-5-4-10(8-9(11)2)12(13)14-15/h4-5,8,15H,3,6-7H2,1-2H3,(H2,13,14). The van der Waals surface area contributed by atoms with E-state index >= 15 is 0 Å². The van der Waals surface area contributed by atoms with Crippen LogP contribution in [0.5, 0.6) is 5.75 Å². The van der Waals surface area contributed by atoms with Crippen LogP contribution in [-0.2, 0) is 4.74 Å². The second kappa shape index (κ2) is 6.75. The number of ether oxygens (including phenoxy) is 2. The van der Waals surface area contributed by atoms with Crippen molar-refractivity contribution in [3.63, 3.8) is 0 Å². The zero-order chi connectivity index (χ0) is 12.7. The molecule has 0 amide bonds. The molecule has 1 aromatic rings. The molecule has 1 rings (SSSR count). The van der Waals surface area contributed by atoms with Crippen molar-refractivity contribution in [2.45, 2.75) is 13.8 Å². The molecule has 3 N–H and O–H groups in total. The predicted octanol–water partition coefficient (Wildman–Crippen LogP) is 1.50. The van der Waals surface area contributed by atoms with Crippen LogP contribution in [0.1, 0.15) is 18.1 Å². The maximum absolute atomic E-state index is 8.56. The molecule has 1 aromatic carbocycles. The van der Waals surface area contributed by atoms with E-state index in [1.54, 1.807) is 12.1 Å². The lowest BCUT2D eigenvalue weighted by Gasteiger charge is -2.10. The maximum Gasteiger partial charge on any atom is 0.170 e. The highest BCUT2D eigenvalue weighted by Crippen LogP contribution is 2.18. The number of aryl methyl sites for hydroxylation is 1. The highest BCUT2D eigenvalue weighted by atomic mass is 16.5. The van der Waals surface area contributed by atoms with E-state index in [9.17, 15) is 0 Å². The van der Waals surface area contributed by atoms with E-state index in [0.29, 0.717) is 25.4 Å². The van der Waals surface area contributed by atoms with Gasteiger partial charge in [-0.2, -0.15) is 0 Å². The molecule has 0 saturated carbocycles. The van der Waals surface area contributed by atoms with E-state index in [1.807, 2.05) is 19.9 Å². The van der Waals surface area contributed by atoms with Crippen LogP contribution in [0.4, 0.5) is 0 Å². The molecule has 0 aliphatic heterocycles. The molecule has 0 bridgehead atoms. The lowest BCUT2D eigenvalue weighted by Crippen LogP contribution is -2.13. The lowest BCUT2D eigenvalue weighted by molar-refractivity contribution is 0.110. The third-order valence-corrected chi connectivity index (χ3v) is 2.27. The fourth-order valence-electron chi connectivity index (χ4n) is 1.38. The van der Waals surface area contributed by atoms with Gasteiger partial charge in [0.2, 0.25) is 0 Å². The van der Waals surface area contributed by atoms with Gasteiger partial charge in [-0.05, 0) is 37.6 Å². The second-order valence-electron chi connectivity index (χ2n) is 3.51. The van der Waals surface area contributed by atoms with Gasteiger partial charge in [-0.3, -0.25) is 0 Å². The number of nitrogens with zero attached hydrogens (tertiary/aromatic N) is 1. The summed E-state index contributed by atoms with van der Waals surface area (Å²) >= 11 is 0. The summed E-state index contributed by atoms with van der Waals surface area (Å²) in [4.78, 5) is 0. The Balaban J connectivity index is 2.63. The van der Waals surface area contributed by atoms with Crippen molar-refractivity contribution in [2.75, 3.05) is 19.8 Å². The van der Waals surface area contributed by atoms with Crippen molar-refractivity contribution in [1.29, 1.82) is 0 Å². The van der Waals surface area contributed by atoms with Crippen LogP contribution in [0.2, 0.25) is 0 Å². The van der Waals surface area contributed by atoms with Gasteiger partial charge in [0.15, 0.2) is 5.84 Å². The molecule has 5 heteroatoms. The largest absolute Gasteiger partial charge is 0.491 e. The first-order valence-corrected chi connectivity index (χ1v) is 5.48. The second-order valence-corrected chi connectivity index (χ2v) is 3.51. The molecule has 0 radical (unpaired) electrons. The molecular weight excluding hydrogens is 220 g/mol. The van der Waals surface area contributed by atoms with Crippen LogP contribution < -0.4 is 10.5 Å². The molecule has 94 valence electrons. The minimum Gasteiger partial charge on any atom is -0.491 e. The zero-order valence-electron chi connectivity index (χ0n) is 10.1. The molecule has 0 atom stereocenters. The molecule has 0 spiro atoms. The Labute approximate surface area is 101 Å². The van der Waals surface area contributed by atoms with Gasteiger partial charge in [-0.1, -0.05) is 5.16 Å². The number of rotatable bonds is 6. The summed E-state index contributed by atoms with van der Waals surface area (Å²) in [7, 11) is 0. The number of nitrogens with two attached hydrogens (primary N) is 1. The average molecular weight is 238 g/mol. The van der Waals surface area contributed by atoms with Crippen molar-refractivity contribution in [3.8, 4) is 5.75 Å². The Morgan fingerprint density at radius 3 is 2.76 bits per heavy atom. The SMILES string of the molecule is CCOCCOc1ccc(/C(N)=N/O)cc1C. The maximum atomic E-state index is 8.56. The smallest absolute Gasteiger partial charge is 0.170 e. The molecule has 0 aliphatic carbocycles. The fourth-order valence-corrected chi connectivity index (χ4v) is 1.38. The molecule has 17 heavy (non-hydrogen) atoms. The van der Waals surface area contributed by atoms with Gasteiger partial charge >= 0.3 is 0 Å². The Kier molecular flexibility index (Phi) is 5.29. The third-order valence-electron chi connectivity index (χ3n) is 2.27. The van der Waals surface area contributed by atoms with Crippen LogP contribution in [-0.4, -0.2) is 30.9 Å². The van der Waals surface area contributed by atoms with Crippen molar-refractivity contribution >= 4 is 5.84 Å². The number of amidine groups is 1. The van der Waals surface area contributed by atoms with Crippen molar-refractivity contribution in [1.82, 2.24) is 0 Å². The van der Waals surface area contributed by atoms with Crippen LogP contribution in [0, 0.1) is 6.92 Å². The normalized spacial score (nSPS) is 11.5. The summed E-state index contributed by atoms with van der Waals surface area (Å²) in [5.74, 6) is 0.869. The summed E-state index contributed by atoms with van der Waals surface area (Å²) in [5, 5.41) is 11.5. The molecule has 0 heterocycles. The highest BCUT2D eigenvalue weighted by Gasteiger charge is 2.04. The highest BCUT2D eigenvalue weighted by molar-refractivity contribution is 5.97. The monoisotopic (exact) mass is 238 g/mol. The minimum atomic E-state index is 0.0916. The van der Waals surface area contributed by atoms with E-state index in [-0.39, 0.29) is 5.84 Å². The molecule has 5 nitrogen and oxygen atoms in total. The van der Waals surface area contributed by atoms with Gasteiger partial charge in [0, 0.05) is 12.2 Å². The van der Waals surface area contributed by atoms with Crippen molar-refractivity contribution in [2.24, 2.45) is 10.9 Å². The first kappa shape index (κ1) is 13.3. The van der Waals surface area contributed by atoms with Gasteiger partial charge in [-0.15, -0.1) is 0 Å². The molecule has 0 aromatic heterocycles. The summed E-state index contributed by atoms with van der Waals surface area (Å²) in [6.45, 7) is 5.61. The van der Waals surface area contributed by atoms with Gasteiger partial charge < -0.3 is 20.4 Å². The molecule has 0 aliphatic rings. The average Bonchev–Trinajstić information content (AvgIpc) is 2.35. The Morgan fingerprint density at radius 1 is 1.41 bits per heavy atom.